The highest BCUT2D eigenvalue weighted by Gasteiger charge is 2.41. The van der Waals surface area contributed by atoms with Gasteiger partial charge >= 0.3 is 6.18 Å². The summed E-state index contributed by atoms with van der Waals surface area (Å²) >= 11 is 13.0. The first-order chi connectivity index (χ1) is 21.4. The molecule has 3 aromatic rings. The van der Waals surface area contributed by atoms with Crippen molar-refractivity contribution >= 4 is 52.4 Å². The molecule has 0 bridgehead atoms. The quantitative estimate of drug-likeness (QED) is 0.221. The van der Waals surface area contributed by atoms with Gasteiger partial charge in [0.25, 0.3) is 18.2 Å². The molecule has 1 aliphatic carbocycles. The average molecular weight is 675 g/mol. The van der Waals surface area contributed by atoms with E-state index < -0.39 is 43.0 Å². The molecule has 45 heavy (non-hydrogen) atoms. The normalized spacial score (nSPS) is 17.9. The van der Waals surface area contributed by atoms with Crippen LogP contribution in [0, 0.1) is 5.92 Å². The first kappa shape index (κ1) is 32.4. The SMILES string of the molecule is O=C(NCc1ccc(Cl)c(NC2=Nc3nc(OCC(F)F)c(C(=O)NC4CCC(C(F)(F)F)CC4)cc3C2)c1Cl)c1ccno1. The highest BCUT2D eigenvalue weighted by Crippen LogP contribution is 2.39. The van der Waals surface area contributed by atoms with Crippen LogP contribution in [-0.4, -0.2) is 53.0 Å². The number of aliphatic imine (C=N–C) groups is 1. The van der Waals surface area contributed by atoms with Crippen LogP contribution in [0.5, 0.6) is 5.88 Å². The number of aromatic nitrogens is 2. The number of halogens is 7. The van der Waals surface area contributed by atoms with E-state index >= 15 is 0 Å². The number of alkyl halides is 5. The fourth-order valence-electron chi connectivity index (χ4n) is 5.00. The molecule has 1 fully saturated rings. The van der Waals surface area contributed by atoms with Crippen LogP contribution in [0.3, 0.4) is 0 Å². The largest absolute Gasteiger partial charge is 0.471 e. The molecule has 2 aliphatic rings. The molecule has 1 aromatic carbocycles. The standard InChI is InChI=1S/C28H25Cl2F5N6O4/c29-18-6-1-13(11-36-26(43)19-7-8-37-45-19)22(30)23(18)39-21-10-14-9-17(27(41-24(14)40-21)44-12-20(31)32)25(42)38-16-4-2-15(3-5-16)28(33,34)35/h1,6-9,15-16,20H,2-5,10-12H2,(H,36,43)(H,38,42)(H,39,40,41). The van der Waals surface area contributed by atoms with E-state index in [9.17, 15) is 31.5 Å². The van der Waals surface area contributed by atoms with Crippen LogP contribution in [0.1, 0.15) is 57.7 Å². The molecule has 0 atom stereocenters. The number of pyridine rings is 1. The lowest BCUT2D eigenvalue weighted by Crippen LogP contribution is -2.40. The zero-order valence-electron chi connectivity index (χ0n) is 23.2. The van der Waals surface area contributed by atoms with E-state index in [0.29, 0.717) is 17.0 Å². The summed E-state index contributed by atoms with van der Waals surface area (Å²) in [4.78, 5) is 34.0. The molecule has 2 amide bonds. The van der Waals surface area contributed by atoms with Crippen molar-refractivity contribution in [1.82, 2.24) is 20.8 Å². The number of amides is 2. The summed E-state index contributed by atoms with van der Waals surface area (Å²) in [6.07, 6.45) is -5.74. The lowest BCUT2D eigenvalue weighted by Gasteiger charge is -2.30. The molecule has 10 nitrogen and oxygen atoms in total. The Labute approximate surface area is 262 Å². The van der Waals surface area contributed by atoms with Crippen LogP contribution >= 0.6 is 23.2 Å². The maximum Gasteiger partial charge on any atom is 0.391 e. The molecule has 0 spiro atoms. The molecule has 0 radical (unpaired) electrons. The molecule has 3 N–H and O–H groups in total. The Morgan fingerprint density at radius 1 is 1.09 bits per heavy atom. The van der Waals surface area contributed by atoms with Gasteiger partial charge in [-0.05, 0) is 43.4 Å². The summed E-state index contributed by atoms with van der Waals surface area (Å²) in [5.41, 5.74) is 1.09. The highest BCUT2D eigenvalue weighted by atomic mass is 35.5. The lowest BCUT2D eigenvalue weighted by molar-refractivity contribution is -0.182. The van der Waals surface area contributed by atoms with Crippen LogP contribution in [0.25, 0.3) is 0 Å². The number of nitrogens with zero attached hydrogens (tertiary/aromatic N) is 3. The van der Waals surface area contributed by atoms with E-state index in [2.05, 4.69) is 31.1 Å². The third-order valence-electron chi connectivity index (χ3n) is 7.30. The number of benzene rings is 1. The monoisotopic (exact) mass is 674 g/mol. The molecule has 1 saturated carbocycles. The number of ether oxygens (including phenoxy) is 1. The van der Waals surface area contributed by atoms with Crippen molar-refractivity contribution in [1.29, 1.82) is 0 Å². The Bertz CT molecular complexity index is 1590. The number of anilines is 1. The summed E-state index contributed by atoms with van der Waals surface area (Å²) in [6.45, 7) is -1.01. The van der Waals surface area contributed by atoms with Gasteiger partial charge in [-0.1, -0.05) is 34.4 Å². The third kappa shape index (κ3) is 7.82. The number of amidine groups is 1. The predicted molar refractivity (Wildman–Crippen MR) is 154 cm³/mol. The maximum atomic E-state index is 13.2. The van der Waals surface area contributed by atoms with Crippen molar-refractivity contribution in [3.63, 3.8) is 0 Å². The Balaban J connectivity index is 1.30. The van der Waals surface area contributed by atoms with Crippen LogP contribution < -0.4 is 20.7 Å². The number of carbonyl (C=O) groups excluding carboxylic acids is 2. The van der Waals surface area contributed by atoms with Gasteiger partial charge < -0.3 is 25.2 Å². The van der Waals surface area contributed by atoms with Gasteiger partial charge in [-0.25, -0.2) is 13.8 Å². The number of carbonyl (C=O) groups is 2. The van der Waals surface area contributed by atoms with Gasteiger partial charge in [0, 0.05) is 30.6 Å². The number of hydrogen-bond donors (Lipinski definition) is 3. The molecule has 5 rings (SSSR count). The molecule has 17 heteroatoms. The number of hydrogen-bond acceptors (Lipinski definition) is 8. The zero-order chi connectivity index (χ0) is 32.3. The van der Waals surface area contributed by atoms with Crippen LogP contribution in [0.4, 0.5) is 33.5 Å². The Morgan fingerprint density at radius 2 is 1.84 bits per heavy atom. The van der Waals surface area contributed by atoms with Gasteiger partial charge in [-0.15, -0.1) is 0 Å². The van der Waals surface area contributed by atoms with Crippen molar-refractivity contribution < 1.29 is 40.8 Å². The summed E-state index contributed by atoms with van der Waals surface area (Å²) in [5.74, 6) is -2.60. The number of rotatable bonds is 9. The van der Waals surface area contributed by atoms with E-state index in [1.807, 2.05) is 0 Å². The number of fused-ring (bicyclic) bond motifs is 1. The van der Waals surface area contributed by atoms with Gasteiger partial charge in [0.1, 0.15) is 11.4 Å². The van der Waals surface area contributed by atoms with Crippen LogP contribution in [-0.2, 0) is 13.0 Å². The van der Waals surface area contributed by atoms with Crippen molar-refractivity contribution in [3.05, 3.63) is 63.0 Å². The molecule has 240 valence electrons. The summed E-state index contributed by atoms with van der Waals surface area (Å²) < 4.78 is 75.1. The summed E-state index contributed by atoms with van der Waals surface area (Å²) in [7, 11) is 0. The van der Waals surface area contributed by atoms with Crippen molar-refractivity contribution in [2.45, 2.75) is 57.3 Å². The second-order valence-corrected chi connectivity index (χ2v) is 11.2. The molecule has 1 aliphatic heterocycles. The highest BCUT2D eigenvalue weighted by molar-refractivity contribution is 6.40. The molecule has 0 saturated heterocycles. The van der Waals surface area contributed by atoms with Gasteiger partial charge in [0.15, 0.2) is 12.4 Å². The van der Waals surface area contributed by atoms with Gasteiger partial charge in [0.05, 0.1) is 27.8 Å². The number of nitrogens with one attached hydrogen (secondary N) is 3. The molecular weight excluding hydrogens is 650 g/mol. The zero-order valence-corrected chi connectivity index (χ0v) is 24.7. The Hall–Kier alpha value is -3.98. The first-order valence-corrected chi connectivity index (χ1v) is 14.5. The average Bonchev–Trinajstić information content (AvgIpc) is 3.67. The minimum Gasteiger partial charge on any atom is -0.471 e. The first-order valence-electron chi connectivity index (χ1n) is 13.7. The van der Waals surface area contributed by atoms with E-state index in [0.717, 1.165) is 0 Å². The van der Waals surface area contributed by atoms with Crippen molar-refractivity contribution in [3.8, 4) is 5.88 Å². The van der Waals surface area contributed by atoms with Crippen molar-refractivity contribution in [2.24, 2.45) is 10.9 Å². The summed E-state index contributed by atoms with van der Waals surface area (Å²) in [5, 5.41) is 12.3. The third-order valence-corrected chi connectivity index (χ3v) is 8.05. The molecular formula is C28H25Cl2F5N6O4. The van der Waals surface area contributed by atoms with Gasteiger partial charge in [-0.3, -0.25) is 9.59 Å². The predicted octanol–water partition coefficient (Wildman–Crippen LogP) is 6.50. The smallest absolute Gasteiger partial charge is 0.391 e. The fourth-order valence-corrected chi connectivity index (χ4v) is 5.54. The van der Waals surface area contributed by atoms with Crippen molar-refractivity contribution in [2.75, 3.05) is 11.9 Å². The van der Waals surface area contributed by atoms with E-state index in [4.69, 9.17) is 32.5 Å². The van der Waals surface area contributed by atoms with Gasteiger partial charge in [-0.2, -0.15) is 18.2 Å². The fraction of sp³-hybridized carbons (Fsp3) is 0.393. The molecule has 2 aromatic heterocycles. The Morgan fingerprint density at radius 3 is 2.51 bits per heavy atom. The van der Waals surface area contributed by atoms with Gasteiger partial charge in [0.2, 0.25) is 11.6 Å². The minimum absolute atomic E-state index is 0.0165. The van der Waals surface area contributed by atoms with Crippen LogP contribution in [0.2, 0.25) is 10.0 Å². The van der Waals surface area contributed by atoms with Crippen LogP contribution in [0.15, 0.2) is 40.0 Å². The molecule has 3 heterocycles. The van der Waals surface area contributed by atoms with E-state index in [-0.39, 0.29) is 77.4 Å². The molecule has 0 unspecified atom stereocenters. The lowest BCUT2D eigenvalue weighted by atomic mass is 9.85. The van der Waals surface area contributed by atoms with E-state index in [1.54, 1.807) is 12.1 Å². The second kappa shape index (κ2) is 13.6. The topological polar surface area (TPSA) is 131 Å². The Kier molecular flexibility index (Phi) is 9.77. The maximum absolute atomic E-state index is 13.2. The summed E-state index contributed by atoms with van der Waals surface area (Å²) in [6, 6.07) is 5.45. The minimum atomic E-state index is -4.30. The second-order valence-electron chi connectivity index (χ2n) is 10.4. The van der Waals surface area contributed by atoms with E-state index in [1.165, 1.54) is 18.3 Å².